The van der Waals surface area contributed by atoms with Crippen LogP contribution in [0.4, 0.5) is 5.69 Å². The van der Waals surface area contributed by atoms with E-state index in [-0.39, 0.29) is 0 Å². The first-order valence-electron chi connectivity index (χ1n) is 6.15. The van der Waals surface area contributed by atoms with Gasteiger partial charge in [-0.05, 0) is 49.8 Å². The fourth-order valence-electron chi connectivity index (χ4n) is 2.36. The molecule has 90 valence electrons. The molecular weight excluding hydrogens is 232 g/mol. The van der Waals surface area contributed by atoms with E-state index in [0.717, 1.165) is 11.6 Å². The summed E-state index contributed by atoms with van der Waals surface area (Å²) < 4.78 is 0. The van der Waals surface area contributed by atoms with Gasteiger partial charge >= 0.3 is 0 Å². The Kier molecular flexibility index (Phi) is 3.91. The number of nitrogens with zero attached hydrogens (tertiary/aromatic N) is 1. The Morgan fingerprint density at radius 2 is 2.00 bits per heavy atom. The van der Waals surface area contributed by atoms with E-state index >= 15 is 0 Å². The van der Waals surface area contributed by atoms with Crippen molar-refractivity contribution in [1.29, 1.82) is 5.26 Å². The van der Waals surface area contributed by atoms with Crippen molar-refractivity contribution in [2.24, 2.45) is 5.92 Å². The summed E-state index contributed by atoms with van der Waals surface area (Å²) in [5.74, 6) is 0.841. The molecule has 17 heavy (non-hydrogen) atoms. The quantitative estimate of drug-likeness (QED) is 0.851. The first-order valence-corrected chi connectivity index (χ1v) is 6.53. The Bertz CT molecular complexity index is 428. The Labute approximate surface area is 108 Å². The van der Waals surface area contributed by atoms with E-state index in [1.165, 1.54) is 25.7 Å². The van der Waals surface area contributed by atoms with Crippen LogP contribution in [0.3, 0.4) is 0 Å². The van der Waals surface area contributed by atoms with Gasteiger partial charge in [-0.15, -0.1) is 0 Å². The van der Waals surface area contributed by atoms with E-state index in [4.69, 9.17) is 16.9 Å². The van der Waals surface area contributed by atoms with Crippen molar-refractivity contribution in [2.75, 3.05) is 5.32 Å². The summed E-state index contributed by atoms with van der Waals surface area (Å²) in [5.41, 5.74) is 1.55. The van der Waals surface area contributed by atoms with Crippen LogP contribution in [-0.2, 0) is 0 Å². The summed E-state index contributed by atoms with van der Waals surface area (Å²) in [6.45, 7) is 2.30. The standard InChI is InChI=1S/C14H17ClN2/c1-10-2-5-13(6-3-10)17-14-7-4-12(15)8-11(14)9-16/h4,7-8,10,13,17H,2-3,5-6H2,1H3. The molecule has 0 amide bonds. The number of nitriles is 1. The van der Waals surface area contributed by atoms with E-state index in [0.29, 0.717) is 16.6 Å². The third-order valence-corrected chi connectivity index (χ3v) is 3.71. The average molecular weight is 249 g/mol. The first-order chi connectivity index (χ1) is 8.19. The molecule has 1 aromatic rings. The van der Waals surface area contributed by atoms with Gasteiger partial charge in [0.1, 0.15) is 6.07 Å². The van der Waals surface area contributed by atoms with Crippen molar-refractivity contribution < 1.29 is 0 Å². The maximum Gasteiger partial charge on any atom is 0.101 e. The van der Waals surface area contributed by atoms with E-state index in [9.17, 15) is 0 Å². The van der Waals surface area contributed by atoms with Crippen molar-refractivity contribution in [3.8, 4) is 6.07 Å². The summed E-state index contributed by atoms with van der Waals surface area (Å²) in [5, 5.41) is 13.1. The van der Waals surface area contributed by atoms with Crippen LogP contribution in [0.5, 0.6) is 0 Å². The molecule has 0 radical (unpaired) electrons. The van der Waals surface area contributed by atoms with Crippen molar-refractivity contribution >= 4 is 17.3 Å². The lowest BCUT2D eigenvalue weighted by Crippen LogP contribution is -2.25. The molecule has 0 aliphatic heterocycles. The minimum atomic E-state index is 0.500. The highest BCUT2D eigenvalue weighted by molar-refractivity contribution is 6.30. The maximum absolute atomic E-state index is 9.07. The second-order valence-corrected chi connectivity index (χ2v) is 5.34. The highest BCUT2D eigenvalue weighted by Crippen LogP contribution is 2.28. The first kappa shape index (κ1) is 12.3. The second-order valence-electron chi connectivity index (χ2n) is 4.90. The van der Waals surface area contributed by atoms with E-state index in [1.807, 2.05) is 12.1 Å². The van der Waals surface area contributed by atoms with Gasteiger partial charge in [0, 0.05) is 11.1 Å². The highest BCUT2D eigenvalue weighted by atomic mass is 35.5. The maximum atomic E-state index is 9.07. The topological polar surface area (TPSA) is 35.8 Å². The molecule has 2 rings (SSSR count). The van der Waals surface area contributed by atoms with E-state index < -0.39 is 0 Å². The third-order valence-electron chi connectivity index (χ3n) is 3.48. The van der Waals surface area contributed by atoms with Crippen LogP contribution in [-0.4, -0.2) is 6.04 Å². The normalized spacial score (nSPS) is 24.1. The van der Waals surface area contributed by atoms with Gasteiger partial charge in [0.2, 0.25) is 0 Å². The molecule has 2 nitrogen and oxygen atoms in total. The van der Waals surface area contributed by atoms with Crippen LogP contribution in [0.15, 0.2) is 18.2 Å². The molecule has 0 aromatic heterocycles. The van der Waals surface area contributed by atoms with Crippen LogP contribution in [0, 0.1) is 17.2 Å². The molecule has 0 atom stereocenters. The highest BCUT2D eigenvalue weighted by Gasteiger charge is 2.18. The van der Waals surface area contributed by atoms with Crippen LogP contribution in [0.1, 0.15) is 38.2 Å². The van der Waals surface area contributed by atoms with Crippen LogP contribution in [0.2, 0.25) is 5.02 Å². The van der Waals surface area contributed by atoms with E-state index in [2.05, 4.69) is 18.3 Å². The fraction of sp³-hybridized carbons (Fsp3) is 0.500. The molecule has 1 aliphatic carbocycles. The van der Waals surface area contributed by atoms with Gasteiger partial charge in [0.25, 0.3) is 0 Å². The van der Waals surface area contributed by atoms with Crippen LogP contribution in [0.25, 0.3) is 0 Å². The Morgan fingerprint density at radius 1 is 1.29 bits per heavy atom. The Balaban J connectivity index is 2.06. The summed E-state index contributed by atoms with van der Waals surface area (Å²) in [6, 6.07) is 8.14. The van der Waals surface area contributed by atoms with Gasteiger partial charge in [0.15, 0.2) is 0 Å². The van der Waals surface area contributed by atoms with Gasteiger partial charge in [-0.2, -0.15) is 5.26 Å². The smallest absolute Gasteiger partial charge is 0.101 e. The van der Waals surface area contributed by atoms with Crippen molar-refractivity contribution in [3.63, 3.8) is 0 Å². The monoisotopic (exact) mass is 248 g/mol. The molecular formula is C14H17ClN2. The minimum absolute atomic E-state index is 0.500. The Morgan fingerprint density at radius 3 is 2.65 bits per heavy atom. The van der Waals surface area contributed by atoms with Crippen molar-refractivity contribution in [2.45, 2.75) is 38.6 Å². The molecule has 1 saturated carbocycles. The molecule has 1 aromatic carbocycles. The van der Waals surface area contributed by atoms with Gasteiger partial charge in [-0.3, -0.25) is 0 Å². The lowest BCUT2D eigenvalue weighted by atomic mass is 9.87. The molecule has 1 aliphatic rings. The summed E-state index contributed by atoms with van der Waals surface area (Å²) in [4.78, 5) is 0. The number of anilines is 1. The molecule has 1 fully saturated rings. The van der Waals surface area contributed by atoms with Crippen molar-refractivity contribution in [3.05, 3.63) is 28.8 Å². The number of hydrogen-bond acceptors (Lipinski definition) is 2. The van der Waals surface area contributed by atoms with Gasteiger partial charge < -0.3 is 5.32 Å². The summed E-state index contributed by atoms with van der Waals surface area (Å²) >= 11 is 5.88. The molecule has 0 unspecified atom stereocenters. The Hall–Kier alpha value is -1.20. The number of rotatable bonds is 2. The number of benzene rings is 1. The van der Waals surface area contributed by atoms with Gasteiger partial charge in [-0.25, -0.2) is 0 Å². The molecule has 0 saturated heterocycles. The van der Waals surface area contributed by atoms with Crippen LogP contribution >= 0.6 is 11.6 Å². The van der Waals surface area contributed by atoms with Crippen molar-refractivity contribution in [1.82, 2.24) is 0 Å². The zero-order valence-electron chi connectivity index (χ0n) is 10.0. The summed E-state index contributed by atoms with van der Waals surface area (Å²) in [6.07, 6.45) is 4.92. The molecule has 3 heteroatoms. The molecule has 0 bridgehead atoms. The number of halogens is 1. The largest absolute Gasteiger partial charge is 0.381 e. The zero-order valence-corrected chi connectivity index (χ0v) is 10.8. The summed E-state index contributed by atoms with van der Waals surface area (Å²) in [7, 11) is 0. The lowest BCUT2D eigenvalue weighted by Gasteiger charge is -2.28. The van der Waals surface area contributed by atoms with E-state index in [1.54, 1.807) is 6.07 Å². The minimum Gasteiger partial charge on any atom is -0.381 e. The number of nitrogens with one attached hydrogen (secondary N) is 1. The van der Waals surface area contributed by atoms with Crippen LogP contribution < -0.4 is 5.32 Å². The average Bonchev–Trinajstić information content (AvgIpc) is 2.34. The predicted molar refractivity (Wildman–Crippen MR) is 71.2 cm³/mol. The van der Waals surface area contributed by atoms with Gasteiger partial charge in [0.05, 0.1) is 11.3 Å². The molecule has 0 spiro atoms. The predicted octanol–water partition coefficient (Wildman–Crippen LogP) is 4.20. The molecule has 0 heterocycles. The lowest BCUT2D eigenvalue weighted by molar-refractivity contribution is 0.361. The SMILES string of the molecule is CC1CCC(Nc2ccc(Cl)cc2C#N)CC1. The third kappa shape index (κ3) is 3.14. The fourth-order valence-corrected chi connectivity index (χ4v) is 2.53. The zero-order chi connectivity index (χ0) is 12.3. The second kappa shape index (κ2) is 5.42. The molecule has 1 N–H and O–H groups in total. The number of hydrogen-bond donors (Lipinski definition) is 1. The van der Waals surface area contributed by atoms with Gasteiger partial charge in [-0.1, -0.05) is 18.5 Å².